The fourth-order valence-corrected chi connectivity index (χ4v) is 1.26. The molecule has 0 aliphatic rings. The molecule has 1 rings (SSSR count). The van der Waals surface area contributed by atoms with Gasteiger partial charge in [0.1, 0.15) is 11.6 Å². The predicted octanol–water partition coefficient (Wildman–Crippen LogP) is 2.17. The molecular weight excluding hydrogens is 254 g/mol. The number of ether oxygens (including phenoxy) is 1. The van der Waals surface area contributed by atoms with Crippen molar-refractivity contribution in [2.75, 3.05) is 20.2 Å². The van der Waals surface area contributed by atoms with Gasteiger partial charge in [0, 0.05) is 6.07 Å². The quantitative estimate of drug-likeness (QED) is 0.655. The molecule has 1 aromatic rings. The van der Waals surface area contributed by atoms with Gasteiger partial charge in [0.2, 0.25) is 0 Å². The van der Waals surface area contributed by atoms with Crippen LogP contribution >= 0.6 is 0 Å². The molecule has 0 amide bonds. The molecule has 0 radical (unpaired) electrons. The molecule has 0 bridgehead atoms. The number of alkyl halides is 3. The first-order valence-electron chi connectivity index (χ1n) is 4.97. The minimum absolute atomic E-state index is 0.229. The van der Waals surface area contributed by atoms with Gasteiger partial charge in [0.05, 0.1) is 25.8 Å². The maximum Gasteiger partial charge on any atom is 0.401 e. The number of hydrogen-bond donors (Lipinski definition) is 1. The molecule has 0 saturated heterocycles. The van der Waals surface area contributed by atoms with Crippen molar-refractivity contribution in [3.05, 3.63) is 29.6 Å². The predicted molar refractivity (Wildman–Crippen MR) is 56.2 cm³/mol. The van der Waals surface area contributed by atoms with Crippen LogP contribution in [0.4, 0.5) is 17.6 Å². The topological polar surface area (TPSA) is 38.3 Å². The molecular formula is C11H11F4NO2. The smallest absolute Gasteiger partial charge is 0.401 e. The Bertz CT molecular complexity index is 432. The lowest BCUT2D eigenvalue weighted by Crippen LogP contribution is -2.33. The molecule has 0 aromatic heterocycles. The number of rotatable bonds is 5. The Balaban J connectivity index is 2.62. The summed E-state index contributed by atoms with van der Waals surface area (Å²) in [5.74, 6) is -1.35. The number of benzene rings is 1. The lowest BCUT2D eigenvalue weighted by Gasteiger charge is -2.08. The van der Waals surface area contributed by atoms with Crippen LogP contribution < -0.4 is 10.1 Å². The number of hydrogen-bond acceptors (Lipinski definition) is 3. The largest absolute Gasteiger partial charge is 0.497 e. The molecule has 1 aromatic carbocycles. The fourth-order valence-electron chi connectivity index (χ4n) is 1.26. The molecule has 3 nitrogen and oxygen atoms in total. The van der Waals surface area contributed by atoms with E-state index in [4.69, 9.17) is 4.74 Å². The highest BCUT2D eigenvalue weighted by Gasteiger charge is 2.26. The zero-order chi connectivity index (χ0) is 13.8. The van der Waals surface area contributed by atoms with Crippen molar-refractivity contribution >= 4 is 5.78 Å². The number of ketones is 1. The van der Waals surface area contributed by atoms with E-state index >= 15 is 0 Å². The molecule has 100 valence electrons. The van der Waals surface area contributed by atoms with Crippen LogP contribution in [-0.4, -0.2) is 32.2 Å². The molecule has 0 aliphatic heterocycles. The summed E-state index contributed by atoms with van der Waals surface area (Å²) in [5, 5.41) is 1.91. The third-order valence-electron chi connectivity index (χ3n) is 2.09. The van der Waals surface area contributed by atoms with Gasteiger partial charge in [-0.25, -0.2) is 4.39 Å². The number of carbonyl (C=O) groups excluding carboxylic acids is 1. The number of Topliss-reactive ketones (excluding diaryl/α,β-unsaturated/α-hetero) is 1. The van der Waals surface area contributed by atoms with Gasteiger partial charge >= 0.3 is 6.18 Å². The van der Waals surface area contributed by atoms with Crippen molar-refractivity contribution < 1.29 is 27.1 Å². The number of methoxy groups -OCH3 is 1. The molecule has 0 atom stereocenters. The highest BCUT2D eigenvalue weighted by Crippen LogP contribution is 2.17. The fraction of sp³-hybridized carbons (Fsp3) is 0.364. The Morgan fingerprint density at radius 3 is 2.56 bits per heavy atom. The van der Waals surface area contributed by atoms with E-state index in [9.17, 15) is 22.4 Å². The van der Waals surface area contributed by atoms with Crippen molar-refractivity contribution in [3.63, 3.8) is 0 Å². The van der Waals surface area contributed by atoms with Crippen LogP contribution in [-0.2, 0) is 0 Å². The van der Waals surface area contributed by atoms with Crippen LogP contribution in [0.1, 0.15) is 10.4 Å². The Morgan fingerprint density at radius 2 is 2.06 bits per heavy atom. The third kappa shape index (κ3) is 4.33. The first-order chi connectivity index (χ1) is 8.33. The summed E-state index contributed by atoms with van der Waals surface area (Å²) in [6.45, 7) is -1.88. The van der Waals surface area contributed by atoms with Gasteiger partial charge in [-0.2, -0.15) is 13.2 Å². The van der Waals surface area contributed by atoms with E-state index in [-0.39, 0.29) is 11.3 Å². The molecule has 0 heterocycles. The normalized spacial score (nSPS) is 11.4. The van der Waals surface area contributed by atoms with Gasteiger partial charge < -0.3 is 10.1 Å². The molecule has 0 saturated carbocycles. The zero-order valence-corrected chi connectivity index (χ0v) is 9.47. The zero-order valence-electron chi connectivity index (χ0n) is 9.47. The average molecular weight is 265 g/mol. The lowest BCUT2D eigenvalue weighted by atomic mass is 10.1. The summed E-state index contributed by atoms with van der Waals surface area (Å²) in [4.78, 5) is 11.4. The van der Waals surface area contributed by atoms with Crippen LogP contribution in [0.15, 0.2) is 18.2 Å². The standard InChI is InChI=1S/C11H11F4NO2/c1-18-7-2-3-8(9(12)4-7)10(17)5-16-6-11(13,14)15/h2-4,16H,5-6H2,1H3. The summed E-state index contributed by atoms with van der Waals surface area (Å²) in [6, 6.07) is 3.53. The van der Waals surface area contributed by atoms with Gasteiger partial charge in [-0.15, -0.1) is 0 Å². The Morgan fingerprint density at radius 1 is 1.39 bits per heavy atom. The molecule has 0 aliphatic carbocycles. The van der Waals surface area contributed by atoms with Crippen LogP contribution in [0, 0.1) is 5.82 Å². The molecule has 7 heteroatoms. The van der Waals surface area contributed by atoms with Crippen LogP contribution in [0.5, 0.6) is 5.75 Å². The first kappa shape index (κ1) is 14.4. The molecule has 0 spiro atoms. The minimum atomic E-state index is -4.40. The minimum Gasteiger partial charge on any atom is -0.497 e. The summed E-state index contributed by atoms with van der Waals surface area (Å²) in [7, 11) is 1.33. The molecule has 0 unspecified atom stereocenters. The van der Waals surface area contributed by atoms with E-state index in [0.717, 1.165) is 6.07 Å². The summed E-state index contributed by atoms with van der Waals surface area (Å²) >= 11 is 0. The average Bonchev–Trinajstić information content (AvgIpc) is 2.26. The first-order valence-corrected chi connectivity index (χ1v) is 4.97. The van der Waals surface area contributed by atoms with Gasteiger partial charge in [0.25, 0.3) is 0 Å². The second-order valence-corrected chi connectivity index (χ2v) is 3.49. The SMILES string of the molecule is COc1ccc(C(=O)CNCC(F)(F)F)c(F)c1. The summed E-state index contributed by atoms with van der Waals surface area (Å²) < 4.78 is 53.6. The second-order valence-electron chi connectivity index (χ2n) is 3.49. The van der Waals surface area contributed by atoms with E-state index in [2.05, 4.69) is 0 Å². The van der Waals surface area contributed by atoms with Gasteiger partial charge in [-0.05, 0) is 12.1 Å². The van der Waals surface area contributed by atoms with Gasteiger partial charge in [0.15, 0.2) is 5.78 Å². The van der Waals surface area contributed by atoms with Crippen molar-refractivity contribution in [3.8, 4) is 5.75 Å². The van der Waals surface area contributed by atoms with E-state index in [0.29, 0.717) is 0 Å². The van der Waals surface area contributed by atoms with E-state index in [1.54, 1.807) is 0 Å². The van der Waals surface area contributed by atoms with Crippen LogP contribution in [0.2, 0.25) is 0 Å². The lowest BCUT2D eigenvalue weighted by molar-refractivity contribution is -0.124. The van der Waals surface area contributed by atoms with E-state index in [1.807, 2.05) is 5.32 Å². The highest BCUT2D eigenvalue weighted by molar-refractivity contribution is 5.98. The maximum atomic E-state index is 13.4. The van der Waals surface area contributed by atoms with Crippen molar-refractivity contribution in [2.24, 2.45) is 0 Å². The van der Waals surface area contributed by atoms with E-state index < -0.39 is 30.9 Å². The number of halogens is 4. The van der Waals surface area contributed by atoms with Crippen molar-refractivity contribution in [1.29, 1.82) is 0 Å². The van der Waals surface area contributed by atoms with E-state index in [1.165, 1.54) is 19.2 Å². The van der Waals surface area contributed by atoms with Crippen LogP contribution in [0.3, 0.4) is 0 Å². The van der Waals surface area contributed by atoms with Gasteiger partial charge in [-0.1, -0.05) is 0 Å². The molecule has 0 fully saturated rings. The Labute approximate surface area is 101 Å². The molecule has 18 heavy (non-hydrogen) atoms. The van der Waals surface area contributed by atoms with Gasteiger partial charge in [-0.3, -0.25) is 4.79 Å². The maximum absolute atomic E-state index is 13.4. The second kappa shape index (κ2) is 5.81. The van der Waals surface area contributed by atoms with Crippen LogP contribution in [0.25, 0.3) is 0 Å². The highest BCUT2D eigenvalue weighted by atomic mass is 19.4. The monoisotopic (exact) mass is 265 g/mol. The number of carbonyl (C=O) groups is 1. The van der Waals surface area contributed by atoms with Crippen molar-refractivity contribution in [2.45, 2.75) is 6.18 Å². The Hall–Kier alpha value is -1.63. The summed E-state index contributed by atoms with van der Waals surface area (Å²) in [6.07, 6.45) is -4.40. The summed E-state index contributed by atoms with van der Waals surface area (Å²) in [5.41, 5.74) is -0.273. The molecule has 1 N–H and O–H groups in total. The number of nitrogens with one attached hydrogen (secondary N) is 1. The van der Waals surface area contributed by atoms with Crippen molar-refractivity contribution in [1.82, 2.24) is 5.32 Å². The Kier molecular flexibility index (Phi) is 4.66. The third-order valence-corrected chi connectivity index (χ3v) is 2.09.